The molecule has 2 saturated carbocycles. The van der Waals surface area contributed by atoms with E-state index in [9.17, 15) is 28.2 Å². The lowest BCUT2D eigenvalue weighted by Crippen LogP contribution is -2.60. The summed E-state index contributed by atoms with van der Waals surface area (Å²) in [6.45, 7) is 4.91. The number of nitrogens with zero attached hydrogens (tertiary/aromatic N) is 5. The molecule has 4 aromatic rings. The van der Waals surface area contributed by atoms with E-state index < -0.39 is 36.8 Å². The monoisotopic (exact) mass is 696 g/mol. The number of halogens is 4. The van der Waals surface area contributed by atoms with Gasteiger partial charge in [0.05, 0.1) is 22.3 Å². The number of nitrogens with two attached hydrogens (primary N) is 1. The number of aliphatic hydroxyl groups is 2. The number of pyridine rings is 1. The van der Waals surface area contributed by atoms with Gasteiger partial charge in [-0.3, -0.25) is 9.69 Å². The highest BCUT2D eigenvalue weighted by Crippen LogP contribution is 2.50. The lowest BCUT2D eigenvalue weighted by molar-refractivity contribution is -0.311. The van der Waals surface area contributed by atoms with Crippen molar-refractivity contribution < 1.29 is 32.6 Å². The molecule has 1 amide bonds. The minimum atomic E-state index is -4.71. The Morgan fingerprint density at radius 1 is 1.08 bits per heavy atom. The number of hydrogen-bond acceptors (Lipinski definition) is 6. The second-order valence-corrected chi connectivity index (χ2v) is 15.3. The number of rotatable bonds is 7. The van der Waals surface area contributed by atoms with E-state index in [1.165, 1.54) is 0 Å². The van der Waals surface area contributed by atoms with Crippen LogP contribution in [0.5, 0.6) is 0 Å². The second-order valence-electron chi connectivity index (χ2n) is 15.3. The number of carbonyl (C=O) groups is 1. The maximum absolute atomic E-state index is 15.3. The first-order chi connectivity index (χ1) is 23.8. The summed E-state index contributed by atoms with van der Waals surface area (Å²) in [6.07, 6.45) is 0.243. The first-order valence-corrected chi connectivity index (χ1v) is 17.9. The molecule has 5 heterocycles. The van der Waals surface area contributed by atoms with Crippen LogP contribution in [0.4, 0.5) is 17.6 Å². The van der Waals surface area contributed by atoms with Crippen LogP contribution in [-0.4, -0.2) is 90.3 Å². The molecule has 1 unspecified atom stereocenters. The molecule has 268 valence electrons. The molecule has 0 radical (unpaired) electrons. The van der Waals surface area contributed by atoms with Crippen molar-refractivity contribution in [1.29, 1.82) is 0 Å². The van der Waals surface area contributed by atoms with Gasteiger partial charge in [0.2, 0.25) is 0 Å². The Balaban J connectivity index is 1.09. The number of aromatic nitrogens is 3. The summed E-state index contributed by atoms with van der Waals surface area (Å²) in [5, 5.41) is 26.6. The lowest BCUT2D eigenvalue weighted by atomic mass is 9.69. The number of piperidine rings is 2. The Bertz CT molecular complexity index is 1940. The van der Waals surface area contributed by atoms with Crippen LogP contribution in [0.25, 0.3) is 27.8 Å². The molecule has 8 rings (SSSR count). The Hall–Kier alpha value is -3.52. The molecule has 2 aliphatic heterocycles. The topological polar surface area (TPSA) is 112 Å². The molecule has 3 aromatic heterocycles. The van der Waals surface area contributed by atoms with E-state index in [0.717, 1.165) is 71.2 Å². The van der Waals surface area contributed by atoms with E-state index in [4.69, 9.17) is 10.8 Å². The fourth-order valence-electron chi connectivity index (χ4n) is 8.61. The van der Waals surface area contributed by atoms with Crippen LogP contribution in [0, 0.1) is 24.6 Å². The zero-order valence-corrected chi connectivity index (χ0v) is 28.2. The van der Waals surface area contributed by atoms with Gasteiger partial charge in [0.1, 0.15) is 17.7 Å². The molecule has 9 nitrogen and oxygen atoms in total. The van der Waals surface area contributed by atoms with Crippen LogP contribution >= 0.6 is 0 Å². The van der Waals surface area contributed by atoms with Gasteiger partial charge in [-0.15, -0.1) is 0 Å². The smallest absolute Gasteiger partial charge is 0.380 e. The van der Waals surface area contributed by atoms with Gasteiger partial charge in [-0.25, -0.2) is 8.91 Å². The molecule has 0 bridgehead atoms. The molecule has 4 aliphatic rings. The molecule has 2 aliphatic carbocycles. The van der Waals surface area contributed by atoms with Gasteiger partial charge in [0.15, 0.2) is 5.60 Å². The third kappa shape index (κ3) is 5.89. The first kappa shape index (κ1) is 33.6. The Morgan fingerprint density at radius 2 is 1.82 bits per heavy atom. The number of benzene rings is 1. The van der Waals surface area contributed by atoms with Gasteiger partial charge in [0.25, 0.3) is 5.91 Å². The predicted octanol–water partition coefficient (Wildman–Crippen LogP) is 5.58. The SMILES string of the molecule is Cc1c(-c2cc3cc(F)cc(C4CCN(C(O)C5CC(O)(C(F)(F)F)C5)CC4)c3n2CC2CC2)nn2cc(C(=O)N3CCC[C@@H](N)C3)ccc12. The van der Waals surface area contributed by atoms with E-state index in [1.807, 2.05) is 30.0 Å². The molecule has 2 saturated heterocycles. The molecule has 4 fully saturated rings. The minimum Gasteiger partial charge on any atom is -0.380 e. The zero-order chi connectivity index (χ0) is 35.1. The quantitative estimate of drug-likeness (QED) is 0.218. The predicted molar refractivity (Wildman–Crippen MR) is 180 cm³/mol. The summed E-state index contributed by atoms with van der Waals surface area (Å²) in [6, 6.07) is 8.94. The number of aliphatic hydroxyl groups excluding tert-OH is 1. The number of hydrogen-bond donors (Lipinski definition) is 3. The van der Waals surface area contributed by atoms with Crippen LogP contribution in [0.3, 0.4) is 0 Å². The maximum atomic E-state index is 15.3. The second kappa shape index (κ2) is 12.3. The third-order valence-corrected chi connectivity index (χ3v) is 11.7. The molecule has 4 N–H and O–H groups in total. The normalized spacial score (nSPS) is 26.1. The van der Waals surface area contributed by atoms with Crippen molar-refractivity contribution in [1.82, 2.24) is 24.0 Å². The standard InChI is InChI=1S/C37H44F4N6O3/c1-21-30-7-6-24(34(48)45-10-2-3-28(42)20-45)19-47(30)43-32(21)31-14-25-13-27(38)15-29(33(25)46(31)18-22-4-5-22)23-8-11-44(12-9-23)35(49)26-16-36(50,17-26)37(39,40)41/h6-7,13-15,19,22-23,26,28,35,49-50H,2-5,8-12,16-18,20,42H2,1H3/t26?,28-,35?,36?/m1/s1. The molecule has 13 heteroatoms. The van der Waals surface area contributed by atoms with E-state index in [-0.39, 0.29) is 23.7 Å². The lowest BCUT2D eigenvalue weighted by Gasteiger charge is -2.49. The highest BCUT2D eigenvalue weighted by Gasteiger charge is 2.62. The van der Waals surface area contributed by atoms with Crippen molar-refractivity contribution in [3.63, 3.8) is 0 Å². The van der Waals surface area contributed by atoms with Crippen molar-refractivity contribution in [3.05, 3.63) is 59.0 Å². The summed E-state index contributed by atoms with van der Waals surface area (Å²) in [5.74, 6) is -0.547. The van der Waals surface area contributed by atoms with Gasteiger partial charge >= 0.3 is 6.18 Å². The zero-order valence-electron chi connectivity index (χ0n) is 28.2. The van der Waals surface area contributed by atoms with Crippen molar-refractivity contribution in [2.75, 3.05) is 26.2 Å². The van der Waals surface area contributed by atoms with Gasteiger partial charge in [-0.1, -0.05) is 0 Å². The molecule has 50 heavy (non-hydrogen) atoms. The molecular formula is C37H44F4N6O3. The summed E-state index contributed by atoms with van der Waals surface area (Å²) in [5.41, 5.74) is 9.33. The fourth-order valence-corrected chi connectivity index (χ4v) is 8.61. The van der Waals surface area contributed by atoms with E-state index >= 15 is 4.39 Å². The van der Waals surface area contributed by atoms with Crippen LogP contribution in [-0.2, 0) is 6.54 Å². The maximum Gasteiger partial charge on any atom is 0.417 e. The number of alkyl halides is 3. The fraction of sp³-hybridized carbons (Fsp3) is 0.568. The average Bonchev–Trinajstić information content (AvgIpc) is 3.74. The number of carbonyl (C=O) groups excluding carboxylic acids is 1. The number of likely N-dealkylation sites (tertiary alicyclic amines) is 2. The van der Waals surface area contributed by atoms with E-state index in [0.29, 0.717) is 50.5 Å². The average molecular weight is 697 g/mol. The summed E-state index contributed by atoms with van der Waals surface area (Å²) < 4.78 is 58.9. The number of amides is 1. The summed E-state index contributed by atoms with van der Waals surface area (Å²) in [7, 11) is 0. The van der Waals surface area contributed by atoms with Crippen molar-refractivity contribution in [2.24, 2.45) is 17.6 Å². The van der Waals surface area contributed by atoms with Crippen LogP contribution < -0.4 is 5.73 Å². The van der Waals surface area contributed by atoms with Crippen LogP contribution in [0.1, 0.15) is 78.8 Å². The van der Waals surface area contributed by atoms with E-state index in [2.05, 4.69) is 4.57 Å². The van der Waals surface area contributed by atoms with Gasteiger partial charge in [0, 0.05) is 61.8 Å². The third-order valence-electron chi connectivity index (χ3n) is 11.7. The highest BCUT2D eigenvalue weighted by atomic mass is 19.4. The largest absolute Gasteiger partial charge is 0.417 e. The first-order valence-electron chi connectivity index (χ1n) is 17.9. The highest BCUT2D eigenvalue weighted by molar-refractivity contribution is 5.95. The van der Waals surface area contributed by atoms with Gasteiger partial charge in [-0.05, 0) is 106 Å². The number of fused-ring (bicyclic) bond motifs is 2. The van der Waals surface area contributed by atoms with Crippen molar-refractivity contribution in [2.45, 2.75) is 94.8 Å². The van der Waals surface area contributed by atoms with Crippen LogP contribution in [0.2, 0.25) is 0 Å². The van der Waals surface area contributed by atoms with Crippen LogP contribution in [0.15, 0.2) is 36.5 Å². The minimum absolute atomic E-state index is 0.00973. The Kier molecular flexibility index (Phi) is 8.28. The Labute approximate surface area is 287 Å². The summed E-state index contributed by atoms with van der Waals surface area (Å²) in [4.78, 5) is 17.0. The molecular weight excluding hydrogens is 652 g/mol. The molecule has 2 atom stereocenters. The van der Waals surface area contributed by atoms with E-state index in [1.54, 1.807) is 27.7 Å². The van der Waals surface area contributed by atoms with Crippen molar-refractivity contribution >= 4 is 22.3 Å². The Morgan fingerprint density at radius 3 is 2.50 bits per heavy atom. The van der Waals surface area contributed by atoms with Crippen molar-refractivity contribution in [3.8, 4) is 11.4 Å². The molecule has 0 spiro atoms. The van der Waals surface area contributed by atoms with Gasteiger partial charge < -0.3 is 25.4 Å². The summed E-state index contributed by atoms with van der Waals surface area (Å²) >= 11 is 0. The number of aryl methyl sites for hydroxylation is 1. The molecule has 1 aromatic carbocycles. The van der Waals surface area contributed by atoms with Gasteiger partial charge in [-0.2, -0.15) is 18.3 Å².